The standard InChI is InChI=1S/C17H27F3OSi/c1-12(2)22(21,13(3)4)9-7-5-6-8-14-10-15(18)17(20)16(19)11-14/h10-13,21H,5-9H2,1-4H3. The van der Waals surface area contributed by atoms with E-state index in [1.165, 1.54) is 0 Å². The first-order valence-electron chi connectivity index (χ1n) is 8.04. The van der Waals surface area contributed by atoms with Gasteiger partial charge in [-0.2, -0.15) is 0 Å². The minimum absolute atomic E-state index is 0.327. The Labute approximate surface area is 132 Å². The monoisotopic (exact) mass is 332 g/mol. The smallest absolute Gasteiger partial charge is 0.194 e. The Hall–Kier alpha value is -0.813. The Morgan fingerprint density at radius 1 is 0.909 bits per heavy atom. The molecule has 1 aromatic rings. The zero-order valence-corrected chi connectivity index (χ0v) is 14.9. The molecule has 0 heterocycles. The zero-order valence-electron chi connectivity index (χ0n) is 13.9. The van der Waals surface area contributed by atoms with Crippen LogP contribution in [0.1, 0.15) is 52.5 Å². The van der Waals surface area contributed by atoms with E-state index >= 15 is 0 Å². The molecule has 0 aliphatic carbocycles. The predicted molar refractivity (Wildman–Crippen MR) is 86.8 cm³/mol. The van der Waals surface area contributed by atoms with Gasteiger partial charge in [-0.1, -0.05) is 40.5 Å². The van der Waals surface area contributed by atoms with E-state index in [1.807, 2.05) is 0 Å². The Morgan fingerprint density at radius 2 is 1.41 bits per heavy atom. The average molecular weight is 332 g/mol. The van der Waals surface area contributed by atoms with Crippen LogP contribution in [0.3, 0.4) is 0 Å². The van der Waals surface area contributed by atoms with E-state index in [0.29, 0.717) is 23.1 Å². The summed E-state index contributed by atoms with van der Waals surface area (Å²) in [7, 11) is -2.23. The van der Waals surface area contributed by atoms with Crippen molar-refractivity contribution in [1.29, 1.82) is 0 Å². The maximum absolute atomic E-state index is 13.1. The van der Waals surface area contributed by atoms with Crippen LogP contribution in [0.5, 0.6) is 0 Å². The van der Waals surface area contributed by atoms with Crippen LogP contribution in [0.2, 0.25) is 17.1 Å². The highest BCUT2D eigenvalue weighted by molar-refractivity contribution is 6.75. The van der Waals surface area contributed by atoms with Gasteiger partial charge in [0.15, 0.2) is 25.8 Å². The van der Waals surface area contributed by atoms with Gasteiger partial charge in [-0.15, -0.1) is 0 Å². The lowest BCUT2D eigenvalue weighted by Crippen LogP contribution is -2.41. The van der Waals surface area contributed by atoms with Crippen LogP contribution in [0.15, 0.2) is 12.1 Å². The lowest BCUT2D eigenvalue weighted by Gasteiger charge is -2.33. The molecule has 1 rings (SSSR count). The molecule has 0 unspecified atom stereocenters. The van der Waals surface area contributed by atoms with Gasteiger partial charge in [0.2, 0.25) is 0 Å². The minimum Gasteiger partial charge on any atom is -0.431 e. The zero-order chi connectivity index (χ0) is 16.9. The van der Waals surface area contributed by atoms with Gasteiger partial charge in [0.05, 0.1) is 0 Å². The van der Waals surface area contributed by atoms with Crippen molar-refractivity contribution in [3.05, 3.63) is 35.1 Å². The van der Waals surface area contributed by atoms with E-state index in [2.05, 4.69) is 27.7 Å². The molecule has 0 bridgehead atoms. The summed E-state index contributed by atoms with van der Waals surface area (Å²) in [5.41, 5.74) is 1.14. The molecule has 0 aliphatic rings. The van der Waals surface area contributed by atoms with Gasteiger partial charge in [0.25, 0.3) is 0 Å². The summed E-state index contributed by atoms with van der Waals surface area (Å²) in [6.45, 7) is 8.32. The van der Waals surface area contributed by atoms with Crippen molar-refractivity contribution >= 4 is 8.32 Å². The number of benzene rings is 1. The number of unbranched alkanes of at least 4 members (excludes halogenated alkanes) is 2. The summed E-state index contributed by atoms with van der Waals surface area (Å²) >= 11 is 0. The van der Waals surface area contributed by atoms with E-state index in [-0.39, 0.29) is 0 Å². The molecule has 0 radical (unpaired) electrons. The highest BCUT2D eigenvalue weighted by atomic mass is 28.4. The molecule has 0 fully saturated rings. The first-order chi connectivity index (χ1) is 10.2. The van der Waals surface area contributed by atoms with Crippen molar-refractivity contribution < 1.29 is 18.0 Å². The van der Waals surface area contributed by atoms with Gasteiger partial charge in [-0.25, -0.2) is 13.2 Å². The van der Waals surface area contributed by atoms with Gasteiger partial charge < -0.3 is 4.80 Å². The summed E-state index contributed by atoms with van der Waals surface area (Å²) in [5, 5.41) is 0. The highest BCUT2D eigenvalue weighted by Crippen LogP contribution is 2.34. The maximum Gasteiger partial charge on any atom is 0.194 e. The Morgan fingerprint density at radius 3 is 1.86 bits per heavy atom. The number of rotatable bonds is 8. The van der Waals surface area contributed by atoms with Crippen molar-refractivity contribution in [3.63, 3.8) is 0 Å². The summed E-state index contributed by atoms with van der Waals surface area (Å²) in [5.74, 6) is -3.67. The number of hydrogen-bond donors (Lipinski definition) is 1. The molecule has 0 aromatic heterocycles. The third kappa shape index (κ3) is 4.85. The third-order valence-electron chi connectivity index (χ3n) is 4.59. The van der Waals surface area contributed by atoms with Crippen LogP contribution in [0.4, 0.5) is 13.2 Å². The average Bonchev–Trinajstić information content (AvgIpc) is 2.43. The van der Waals surface area contributed by atoms with Crippen molar-refractivity contribution in [1.82, 2.24) is 0 Å². The molecule has 0 spiro atoms. The third-order valence-corrected chi connectivity index (χ3v) is 9.74. The van der Waals surface area contributed by atoms with Gasteiger partial charge in [-0.3, -0.25) is 0 Å². The number of hydrogen-bond acceptors (Lipinski definition) is 1. The molecule has 0 saturated heterocycles. The summed E-state index contributed by atoms with van der Waals surface area (Å²) in [6, 6.07) is 2.98. The normalized spacial score (nSPS) is 12.5. The molecular formula is C17H27F3OSi. The fourth-order valence-corrected chi connectivity index (χ4v) is 6.21. The molecular weight excluding hydrogens is 305 g/mol. The quantitative estimate of drug-likeness (QED) is 0.374. The van der Waals surface area contributed by atoms with Gasteiger partial charge in [-0.05, 0) is 47.7 Å². The van der Waals surface area contributed by atoms with Crippen molar-refractivity contribution in [2.75, 3.05) is 0 Å². The van der Waals surface area contributed by atoms with E-state index in [4.69, 9.17) is 0 Å². The minimum atomic E-state index is -2.23. The highest BCUT2D eigenvalue weighted by Gasteiger charge is 2.37. The van der Waals surface area contributed by atoms with Gasteiger partial charge in [0.1, 0.15) is 0 Å². The van der Waals surface area contributed by atoms with E-state index < -0.39 is 25.8 Å². The number of halogens is 3. The predicted octanol–water partition coefficient (Wildman–Crippen LogP) is 5.57. The van der Waals surface area contributed by atoms with Gasteiger partial charge in [0, 0.05) is 0 Å². The summed E-state index contributed by atoms with van der Waals surface area (Å²) in [6.07, 6.45) is 3.13. The second kappa shape index (κ2) is 8.16. The molecule has 0 saturated carbocycles. The van der Waals surface area contributed by atoms with E-state index in [1.54, 1.807) is 0 Å². The molecule has 1 aromatic carbocycles. The Balaban J connectivity index is 2.43. The van der Waals surface area contributed by atoms with Crippen LogP contribution >= 0.6 is 0 Å². The second-order valence-corrected chi connectivity index (χ2v) is 11.5. The van der Waals surface area contributed by atoms with Crippen LogP contribution in [0, 0.1) is 17.5 Å². The van der Waals surface area contributed by atoms with Crippen molar-refractivity contribution in [2.24, 2.45) is 0 Å². The van der Waals surface area contributed by atoms with Crippen LogP contribution < -0.4 is 0 Å². The molecule has 0 amide bonds. The van der Waals surface area contributed by atoms with Crippen LogP contribution in [0.25, 0.3) is 0 Å². The lowest BCUT2D eigenvalue weighted by atomic mass is 10.1. The molecule has 0 atom stereocenters. The van der Waals surface area contributed by atoms with Crippen LogP contribution in [-0.2, 0) is 6.42 Å². The maximum atomic E-state index is 13.1. The Kier molecular flexibility index (Phi) is 7.13. The van der Waals surface area contributed by atoms with E-state index in [9.17, 15) is 18.0 Å². The first-order valence-corrected chi connectivity index (χ1v) is 10.3. The lowest BCUT2D eigenvalue weighted by molar-refractivity contribution is 0.444. The molecule has 5 heteroatoms. The number of aryl methyl sites for hydroxylation is 1. The summed E-state index contributed by atoms with van der Waals surface area (Å²) < 4.78 is 39.1. The molecule has 1 nitrogen and oxygen atoms in total. The largest absolute Gasteiger partial charge is 0.431 e. The molecule has 1 N–H and O–H groups in total. The van der Waals surface area contributed by atoms with E-state index in [0.717, 1.165) is 37.4 Å². The topological polar surface area (TPSA) is 20.2 Å². The van der Waals surface area contributed by atoms with Crippen molar-refractivity contribution in [3.8, 4) is 0 Å². The SMILES string of the molecule is CC(C)[Si](O)(CCCCCc1cc(F)c(F)c(F)c1)C(C)C. The van der Waals surface area contributed by atoms with Crippen molar-refractivity contribution in [2.45, 2.75) is 70.5 Å². The second-order valence-electron chi connectivity index (χ2n) is 6.73. The molecule has 126 valence electrons. The van der Waals surface area contributed by atoms with Crippen LogP contribution in [-0.4, -0.2) is 13.1 Å². The fraction of sp³-hybridized carbons (Fsp3) is 0.647. The molecule has 22 heavy (non-hydrogen) atoms. The van der Waals surface area contributed by atoms with Gasteiger partial charge >= 0.3 is 0 Å². The first kappa shape index (κ1) is 19.2. The fourth-order valence-electron chi connectivity index (χ4n) is 2.91. The Bertz CT molecular complexity index is 458. The summed E-state index contributed by atoms with van der Waals surface area (Å²) in [4.78, 5) is 10.8. The molecule has 0 aliphatic heterocycles.